The van der Waals surface area contributed by atoms with Crippen LogP contribution in [0.15, 0.2) is 23.7 Å². The van der Waals surface area contributed by atoms with E-state index in [1.54, 1.807) is 23.7 Å². The highest BCUT2D eigenvalue weighted by atomic mass is 32.1. The zero-order chi connectivity index (χ0) is 14.7. The highest BCUT2D eigenvalue weighted by molar-refractivity contribution is 7.16. The number of fused-ring (bicyclic) bond motifs is 1. The molecular weight excluding hydrogens is 282 g/mol. The van der Waals surface area contributed by atoms with E-state index in [1.165, 1.54) is 18.3 Å². The number of carbonyl (C=O) groups excluding carboxylic acids is 1. The number of carbonyl (C=O) groups is 2. The fourth-order valence-corrected chi connectivity index (χ4v) is 2.35. The van der Waals surface area contributed by atoms with Crippen molar-refractivity contribution in [2.75, 3.05) is 5.32 Å². The number of anilines is 1. The summed E-state index contributed by atoms with van der Waals surface area (Å²) in [4.78, 5) is 26.7. The average Bonchev–Trinajstić information content (AvgIpc) is 2.82. The third kappa shape index (κ3) is 3.22. The molecule has 106 valence electrons. The van der Waals surface area contributed by atoms with Crippen molar-refractivity contribution in [2.24, 2.45) is 0 Å². The minimum absolute atomic E-state index is 0.522. The minimum Gasteiger partial charge on any atom is -0.480 e. The minimum atomic E-state index is -1.36. The standard InChI is InChI=1S/C12H13N3O4S/c1-6(16)10(11(17)18)15-12(19)14-7-2-3-8-9(4-7)20-5-13-8/h2-6,10,16H,1H3,(H,17,18)(H2,14,15,19)/t6-,10+/m1/s1. The largest absolute Gasteiger partial charge is 0.480 e. The summed E-state index contributed by atoms with van der Waals surface area (Å²) in [6.07, 6.45) is -1.19. The second-order valence-electron chi connectivity index (χ2n) is 4.19. The monoisotopic (exact) mass is 295 g/mol. The number of rotatable bonds is 4. The molecule has 0 aliphatic heterocycles. The molecule has 0 aliphatic carbocycles. The second kappa shape index (κ2) is 5.85. The Morgan fingerprint density at radius 3 is 2.80 bits per heavy atom. The number of benzene rings is 1. The van der Waals surface area contributed by atoms with Crippen LogP contribution in [0.1, 0.15) is 6.92 Å². The van der Waals surface area contributed by atoms with Crippen LogP contribution in [-0.4, -0.2) is 39.3 Å². The molecular formula is C12H13N3O4S. The van der Waals surface area contributed by atoms with Gasteiger partial charge in [-0.3, -0.25) is 0 Å². The smallest absolute Gasteiger partial charge is 0.328 e. The van der Waals surface area contributed by atoms with Gasteiger partial charge < -0.3 is 20.8 Å². The summed E-state index contributed by atoms with van der Waals surface area (Å²) in [5.74, 6) is -1.30. The van der Waals surface area contributed by atoms with Crippen LogP contribution in [0, 0.1) is 0 Å². The van der Waals surface area contributed by atoms with Gasteiger partial charge in [-0.25, -0.2) is 14.6 Å². The van der Waals surface area contributed by atoms with E-state index in [9.17, 15) is 14.7 Å². The van der Waals surface area contributed by atoms with Gasteiger partial charge in [0, 0.05) is 5.69 Å². The van der Waals surface area contributed by atoms with Gasteiger partial charge in [-0.05, 0) is 25.1 Å². The predicted molar refractivity (Wildman–Crippen MR) is 74.9 cm³/mol. The molecule has 0 spiro atoms. The lowest BCUT2D eigenvalue weighted by atomic mass is 10.2. The van der Waals surface area contributed by atoms with Gasteiger partial charge in [-0.1, -0.05) is 0 Å². The molecule has 0 aliphatic rings. The van der Waals surface area contributed by atoms with Crippen molar-refractivity contribution in [1.82, 2.24) is 10.3 Å². The molecule has 8 heteroatoms. The summed E-state index contributed by atoms with van der Waals surface area (Å²) < 4.78 is 0.910. The third-order valence-corrected chi connectivity index (χ3v) is 3.42. The van der Waals surface area contributed by atoms with Gasteiger partial charge >= 0.3 is 12.0 Å². The number of aliphatic carboxylic acids is 1. The van der Waals surface area contributed by atoms with Gasteiger partial charge in [0.05, 0.1) is 21.8 Å². The number of amides is 2. The number of carboxylic acid groups (broad SMARTS) is 1. The summed E-state index contributed by atoms with van der Waals surface area (Å²) in [5.41, 5.74) is 3.05. The first-order valence-corrected chi connectivity index (χ1v) is 6.67. The van der Waals surface area contributed by atoms with Crippen LogP contribution in [-0.2, 0) is 4.79 Å². The van der Waals surface area contributed by atoms with E-state index in [0.29, 0.717) is 5.69 Å². The molecule has 2 atom stereocenters. The number of aliphatic hydroxyl groups is 1. The molecule has 7 nitrogen and oxygen atoms in total. The number of hydrogen-bond donors (Lipinski definition) is 4. The van der Waals surface area contributed by atoms with Crippen molar-refractivity contribution >= 4 is 39.2 Å². The van der Waals surface area contributed by atoms with Gasteiger partial charge in [0.15, 0.2) is 6.04 Å². The summed E-state index contributed by atoms with van der Waals surface area (Å²) in [7, 11) is 0. The van der Waals surface area contributed by atoms with Crippen LogP contribution in [0.3, 0.4) is 0 Å². The maximum absolute atomic E-state index is 11.7. The van der Waals surface area contributed by atoms with Crippen LogP contribution < -0.4 is 10.6 Å². The first-order chi connectivity index (χ1) is 9.47. The number of urea groups is 1. The Balaban J connectivity index is 2.05. The van der Waals surface area contributed by atoms with E-state index in [-0.39, 0.29) is 0 Å². The lowest BCUT2D eigenvalue weighted by Gasteiger charge is -2.17. The highest BCUT2D eigenvalue weighted by Crippen LogP contribution is 2.21. The molecule has 20 heavy (non-hydrogen) atoms. The molecule has 1 aromatic heterocycles. The number of aliphatic hydroxyl groups excluding tert-OH is 1. The summed E-state index contributed by atoms with van der Waals surface area (Å²) in [5, 5.41) is 22.9. The quantitative estimate of drug-likeness (QED) is 0.678. The third-order valence-electron chi connectivity index (χ3n) is 2.62. The molecule has 0 saturated heterocycles. The van der Waals surface area contributed by atoms with Crippen molar-refractivity contribution in [1.29, 1.82) is 0 Å². The van der Waals surface area contributed by atoms with Crippen LogP contribution in [0.4, 0.5) is 10.5 Å². The number of nitrogens with one attached hydrogen (secondary N) is 2. The topological polar surface area (TPSA) is 112 Å². The van der Waals surface area contributed by atoms with Gasteiger partial charge in [0.25, 0.3) is 0 Å². The van der Waals surface area contributed by atoms with E-state index in [4.69, 9.17) is 5.11 Å². The number of hydrogen-bond acceptors (Lipinski definition) is 5. The maximum Gasteiger partial charge on any atom is 0.328 e. The van der Waals surface area contributed by atoms with E-state index in [2.05, 4.69) is 15.6 Å². The first-order valence-electron chi connectivity index (χ1n) is 5.79. The van der Waals surface area contributed by atoms with Gasteiger partial charge in [-0.2, -0.15) is 0 Å². The molecule has 2 rings (SSSR count). The molecule has 0 bridgehead atoms. The lowest BCUT2D eigenvalue weighted by Crippen LogP contribution is -2.49. The Morgan fingerprint density at radius 1 is 1.40 bits per heavy atom. The zero-order valence-corrected chi connectivity index (χ0v) is 11.3. The van der Waals surface area contributed by atoms with Crippen LogP contribution >= 0.6 is 11.3 Å². The normalized spacial score (nSPS) is 13.7. The van der Waals surface area contributed by atoms with Crippen LogP contribution in [0.2, 0.25) is 0 Å². The predicted octanol–water partition coefficient (Wildman–Crippen LogP) is 1.25. The van der Waals surface area contributed by atoms with Crippen molar-refractivity contribution in [3.05, 3.63) is 23.7 Å². The first kappa shape index (κ1) is 14.2. The molecule has 4 N–H and O–H groups in total. The molecule has 1 aromatic carbocycles. The van der Waals surface area contributed by atoms with Gasteiger partial charge in [-0.15, -0.1) is 11.3 Å². The molecule has 0 saturated carbocycles. The molecule has 1 heterocycles. The van der Waals surface area contributed by atoms with Crippen LogP contribution in [0.5, 0.6) is 0 Å². The maximum atomic E-state index is 11.7. The Labute approximate surface area is 118 Å². The van der Waals surface area contributed by atoms with Crippen molar-refractivity contribution in [2.45, 2.75) is 19.1 Å². The summed E-state index contributed by atoms with van der Waals surface area (Å²) in [6, 6.07) is 3.11. The molecule has 0 unspecified atom stereocenters. The average molecular weight is 295 g/mol. The second-order valence-corrected chi connectivity index (χ2v) is 5.08. The molecule has 2 amide bonds. The van der Waals surface area contributed by atoms with E-state index in [1.807, 2.05) is 0 Å². The van der Waals surface area contributed by atoms with Crippen LogP contribution in [0.25, 0.3) is 10.2 Å². The molecule has 0 radical (unpaired) electrons. The Bertz CT molecular complexity index is 640. The fourth-order valence-electron chi connectivity index (χ4n) is 1.63. The summed E-state index contributed by atoms with van der Waals surface area (Å²) in [6.45, 7) is 1.29. The van der Waals surface area contributed by atoms with Gasteiger partial charge in [0.1, 0.15) is 0 Å². The Hall–Kier alpha value is -2.19. The van der Waals surface area contributed by atoms with Crippen molar-refractivity contribution in [3.63, 3.8) is 0 Å². The Kier molecular flexibility index (Phi) is 4.16. The molecule has 0 fully saturated rings. The zero-order valence-electron chi connectivity index (χ0n) is 10.5. The number of aromatic nitrogens is 1. The van der Waals surface area contributed by atoms with E-state index >= 15 is 0 Å². The van der Waals surface area contributed by atoms with Crippen molar-refractivity contribution < 1.29 is 19.8 Å². The number of nitrogens with zero attached hydrogens (tertiary/aromatic N) is 1. The van der Waals surface area contributed by atoms with E-state index in [0.717, 1.165) is 10.2 Å². The lowest BCUT2D eigenvalue weighted by molar-refractivity contribution is -0.141. The number of thiazole rings is 1. The van der Waals surface area contributed by atoms with Crippen molar-refractivity contribution in [3.8, 4) is 0 Å². The Morgan fingerprint density at radius 2 is 2.15 bits per heavy atom. The molecule has 2 aromatic rings. The number of carboxylic acids is 1. The SMILES string of the molecule is C[C@@H](O)[C@H](NC(=O)Nc1ccc2ncsc2c1)C(=O)O. The van der Waals surface area contributed by atoms with E-state index < -0.39 is 24.1 Å². The summed E-state index contributed by atoms with van der Waals surface area (Å²) >= 11 is 1.44. The fraction of sp³-hybridized carbons (Fsp3) is 0.250. The highest BCUT2D eigenvalue weighted by Gasteiger charge is 2.24. The van der Waals surface area contributed by atoms with Gasteiger partial charge in [0.2, 0.25) is 0 Å².